The SMILES string of the molecule is C=C/C=C(\C=C)CC1C=C(/C=C2/C(=C)NC(=S)CC2=O)C(C=C)=C1C=C. The zero-order valence-corrected chi connectivity index (χ0v) is 15.7. The third kappa shape index (κ3) is 4.06. The van der Waals surface area contributed by atoms with Gasteiger partial charge < -0.3 is 5.32 Å². The van der Waals surface area contributed by atoms with Crippen LogP contribution in [-0.4, -0.2) is 10.8 Å². The van der Waals surface area contributed by atoms with E-state index in [-0.39, 0.29) is 18.1 Å². The van der Waals surface area contributed by atoms with Crippen LogP contribution in [0.25, 0.3) is 0 Å². The fraction of sp³-hybridized carbons (Fsp3) is 0.130. The van der Waals surface area contributed by atoms with Crippen molar-refractivity contribution in [1.82, 2.24) is 5.32 Å². The predicted octanol–water partition coefficient (Wildman–Crippen LogP) is 5.23. The van der Waals surface area contributed by atoms with Crippen LogP contribution in [-0.2, 0) is 4.79 Å². The molecule has 0 radical (unpaired) electrons. The van der Waals surface area contributed by atoms with Crippen LogP contribution < -0.4 is 5.32 Å². The van der Waals surface area contributed by atoms with Crippen molar-refractivity contribution in [2.24, 2.45) is 5.92 Å². The quantitative estimate of drug-likeness (QED) is 0.382. The molecule has 0 bridgehead atoms. The summed E-state index contributed by atoms with van der Waals surface area (Å²) in [7, 11) is 0. The molecule has 1 aliphatic heterocycles. The Bertz CT molecular complexity index is 823. The summed E-state index contributed by atoms with van der Waals surface area (Å²) in [5.41, 5.74) is 5.19. The molecule has 0 aromatic rings. The average molecular weight is 362 g/mol. The summed E-state index contributed by atoms with van der Waals surface area (Å²) in [6.45, 7) is 19.4. The van der Waals surface area contributed by atoms with Gasteiger partial charge >= 0.3 is 0 Å². The number of allylic oxidation sites excluding steroid dienone is 12. The molecular weight excluding hydrogens is 338 g/mol. The number of nitrogens with one attached hydrogen (secondary N) is 1. The zero-order chi connectivity index (χ0) is 19.3. The number of hydrogen-bond acceptors (Lipinski definition) is 2. The second-order valence-corrected chi connectivity index (χ2v) is 6.57. The molecule has 1 atom stereocenters. The van der Waals surface area contributed by atoms with E-state index in [0.29, 0.717) is 16.3 Å². The summed E-state index contributed by atoms with van der Waals surface area (Å²) < 4.78 is 0. The minimum atomic E-state index is -0.0231. The maximum absolute atomic E-state index is 12.4. The number of hydrogen-bond donors (Lipinski definition) is 1. The molecule has 3 heteroatoms. The van der Waals surface area contributed by atoms with Crippen molar-refractivity contribution in [3.63, 3.8) is 0 Å². The van der Waals surface area contributed by atoms with Gasteiger partial charge in [0.05, 0.1) is 11.4 Å². The van der Waals surface area contributed by atoms with Gasteiger partial charge in [0, 0.05) is 17.2 Å². The minimum Gasteiger partial charge on any atom is -0.350 e. The molecule has 0 amide bonds. The molecule has 1 N–H and O–H groups in total. The molecule has 1 heterocycles. The third-order valence-corrected chi connectivity index (χ3v) is 4.66. The first-order valence-electron chi connectivity index (χ1n) is 8.34. The van der Waals surface area contributed by atoms with E-state index in [1.807, 2.05) is 24.3 Å². The van der Waals surface area contributed by atoms with Gasteiger partial charge in [-0.05, 0) is 34.8 Å². The van der Waals surface area contributed by atoms with Gasteiger partial charge in [0.1, 0.15) is 0 Å². The van der Waals surface area contributed by atoms with Crippen LogP contribution in [0.2, 0.25) is 0 Å². The van der Waals surface area contributed by atoms with E-state index in [9.17, 15) is 4.79 Å². The van der Waals surface area contributed by atoms with Gasteiger partial charge in [0.2, 0.25) is 0 Å². The lowest BCUT2D eigenvalue weighted by Gasteiger charge is -2.19. The molecule has 1 aliphatic carbocycles. The summed E-state index contributed by atoms with van der Waals surface area (Å²) in [5, 5.41) is 2.99. The Morgan fingerprint density at radius 2 is 2.00 bits per heavy atom. The lowest BCUT2D eigenvalue weighted by molar-refractivity contribution is -0.114. The van der Waals surface area contributed by atoms with Gasteiger partial charge in [-0.2, -0.15) is 0 Å². The number of Topliss-reactive ketones (excluding diaryl/α,β-unsaturated/α-hetero) is 1. The second-order valence-electron chi connectivity index (χ2n) is 6.08. The number of piperidine rings is 1. The highest BCUT2D eigenvalue weighted by Gasteiger charge is 2.26. The van der Waals surface area contributed by atoms with E-state index in [0.717, 1.165) is 28.7 Å². The topological polar surface area (TPSA) is 29.1 Å². The van der Waals surface area contributed by atoms with Gasteiger partial charge in [0.15, 0.2) is 5.78 Å². The Morgan fingerprint density at radius 3 is 2.54 bits per heavy atom. The van der Waals surface area contributed by atoms with E-state index in [4.69, 9.17) is 12.2 Å². The smallest absolute Gasteiger partial charge is 0.171 e. The Balaban J connectivity index is 2.45. The first-order chi connectivity index (χ1) is 12.4. The number of ketones is 1. The Kier molecular flexibility index (Phi) is 6.42. The van der Waals surface area contributed by atoms with Crippen LogP contribution in [0, 0.1) is 5.92 Å². The molecular formula is C23H23NOS. The van der Waals surface area contributed by atoms with Crippen molar-refractivity contribution < 1.29 is 4.79 Å². The highest BCUT2D eigenvalue weighted by Crippen LogP contribution is 2.38. The zero-order valence-electron chi connectivity index (χ0n) is 14.9. The third-order valence-electron chi connectivity index (χ3n) is 4.41. The summed E-state index contributed by atoms with van der Waals surface area (Å²) in [4.78, 5) is 12.9. The molecule has 0 saturated carbocycles. The van der Waals surface area contributed by atoms with Crippen molar-refractivity contribution >= 4 is 23.0 Å². The second kappa shape index (κ2) is 8.54. The Morgan fingerprint density at radius 1 is 1.27 bits per heavy atom. The summed E-state index contributed by atoms with van der Waals surface area (Å²) >= 11 is 5.09. The normalized spacial score (nSPS) is 22.2. The van der Waals surface area contributed by atoms with Gasteiger partial charge in [-0.25, -0.2) is 0 Å². The molecule has 0 spiro atoms. The maximum atomic E-state index is 12.4. The van der Waals surface area contributed by atoms with E-state index >= 15 is 0 Å². The minimum absolute atomic E-state index is 0.0231. The number of carbonyl (C=O) groups excluding carboxylic acids is 1. The Labute approximate surface area is 161 Å². The fourth-order valence-electron chi connectivity index (χ4n) is 3.19. The number of thiocarbonyl (C=S) groups is 1. The van der Waals surface area contributed by atoms with Crippen molar-refractivity contribution in [2.75, 3.05) is 0 Å². The maximum Gasteiger partial charge on any atom is 0.171 e. The molecule has 1 saturated heterocycles. The van der Waals surface area contributed by atoms with Crippen LogP contribution in [0.15, 0.2) is 109 Å². The van der Waals surface area contributed by atoms with Crippen LogP contribution in [0.4, 0.5) is 0 Å². The molecule has 26 heavy (non-hydrogen) atoms. The molecule has 132 valence electrons. The van der Waals surface area contributed by atoms with Crippen LogP contribution in [0.5, 0.6) is 0 Å². The largest absolute Gasteiger partial charge is 0.350 e. The first kappa shape index (κ1) is 19.5. The molecule has 1 fully saturated rings. The van der Waals surface area contributed by atoms with Crippen LogP contribution >= 0.6 is 12.2 Å². The molecule has 0 aromatic heterocycles. The highest BCUT2D eigenvalue weighted by atomic mass is 32.1. The first-order valence-corrected chi connectivity index (χ1v) is 8.75. The van der Waals surface area contributed by atoms with E-state index in [2.05, 4.69) is 44.3 Å². The fourth-order valence-corrected chi connectivity index (χ4v) is 3.45. The number of rotatable bonds is 7. The van der Waals surface area contributed by atoms with Gasteiger partial charge in [-0.3, -0.25) is 4.79 Å². The Hall–Kier alpha value is -2.78. The molecule has 0 aromatic carbocycles. The van der Waals surface area contributed by atoms with Gasteiger partial charge in [-0.15, -0.1) is 0 Å². The van der Waals surface area contributed by atoms with Crippen molar-refractivity contribution in [3.8, 4) is 0 Å². The lowest BCUT2D eigenvalue weighted by atomic mass is 9.92. The molecule has 2 aliphatic rings. The molecule has 1 unspecified atom stereocenters. The van der Waals surface area contributed by atoms with E-state index in [1.165, 1.54) is 0 Å². The number of carbonyl (C=O) groups is 1. The lowest BCUT2D eigenvalue weighted by Crippen LogP contribution is -2.32. The standard InChI is InChI=1S/C23H23NOS/c1-6-10-16(7-2)11-17-12-18(20(9-4)19(17)8-3)13-21-15(5)24-23(26)14-22(21)25/h6-10,12-13,17H,1-5,11,14H2,(H,24,26)/b16-10+,21-13-. The average Bonchev–Trinajstić information content (AvgIpc) is 2.93. The van der Waals surface area contributed by atoms with Crippen molar-refractivity contribution in [1.29, 1.82) is 0 Å². The molecule has 2 rings (SSSR count). The summed E-state index contributed by atoms with van der Waals surface area (Å²) in [6.07, 6.45) is 14.2. The summed E-state index contributed by atoms with van der Waals surface area (Å²) in [6, 6.07) is 0. The summed E-state index contributed by atoms with van der Waals surface area (Å²) in [5.74, 6) is 0.113. The van der Waals surface area contributed by atoms with Crippen molar-refractivity contribution in [3.05, 3.63) is 109 Å². The van der Waals surface area contributed by atoms with E-state index < -0.39 is 0 Å². The van der Waals surface area contributed by atoms with Gasteiger partial charge in [0.25, 0.3) is 0 Å². The van der Waals surface area contributed by atoms with E-state index in [1.54, 1.807) is 12.2 Å². The molecule has 2 nitrogen and oxygen atoms in total. The van der Waals surface area contributed by atoms with Crippen LogP contribution in [0.1, 0.15) is 12.8 Å². The van der Waals surface area contributed by atoms with Crippen LogP contribution in [0.3, 0.4) is 0 Å². The predicted molar refractivity (Wildman–Crippen MR) is 115 cm³/mol. The monoisotopic (exact) mass is 361 g/mol. The van der Waals surface area contributed by atoms with Crippen molar-refractivity contribution in [2.45, 2.75) is 12.8 Å². The van der Waals surface area contributed by atoms with Gasteiger partial charge in [-0.1, -0.05) is 81.6 Å². The highest BCUT2D eigenvalue weighted by molar-refractivity contribution is 7.80.